The van der Waals surface area contributed by atoms with Gasteiger partial charge in [-0.25, -0.2) is 4.39 Å². The van der Waals surface area contributed by atoms with E-state index in [9.17, 15) is 14.0 Å². The lowest BCUT2D eigenvalue weighted by atomic mass is 9.61. The van der Waals surface area contributed by atoms with Crippen LogP contribution in [0.25, 0.3) is 0 Å². The maximum atomic E-state index is 14.6. The summed E-state index contributed by atoms with van der Waals surface area (Å²) < 4.78 is 14.6. The number of carbonyl (C=O) groups excluding carboxylic acids is 1. The van der Waals surface area contributed by atoms with Gasteiger partial charge >= 0.3 is 0 Å². The number of H-pyrrole nitrogens is 1. The third-order valence-corrected chi connectivity index (χ3v) is 5.82. The molecule has 2 aliphatic rings. The van der Waals surface area contributed by atoms with Crippen LogP contribution in [-0.4, -0.2) is 33.9 Å². The number of rotatable bonds is 2. The second-order valence-corrected chi connectivity index (χ2v) is 7.31. The summed E-state index contributed by atoms with van der Waals surface area (Å²) in [6, 6.07) is 5.04. The monoisotopic (exact) mass is 361 g/mol. The van der Waals surface area contributed by atoms with Crippen LogP contribution in [-0.2, 0) is 0 Å². The average Bonchev–Trinajstić information content (AvgIpc) is 2.97. The molecule has 1 N–H and O–H groups in total. The van der Waals surface area contributed by atoms with E-state index >= 15 is 0 Å². The topological polar surface area (TPSA) is 66.1 Å². The lowest BCUT2D eigenvalue weighted by molar-refractivity contribution is 0.0718. The molecule has 1 amide bonds. The quantitative estimate of drug-likeness (QED) is 0.894. The standard InChI is InChI=1S/C18H17ClFN3O2/c19-13-4-1-3-11(16(13)20)12-9-23(10-18(12)5-2-6-18)17(25)14-7-21-8-15(24)22-14/h1,3-4,7-8,12H,2,5-6,9-10H2,(H,22,24)/t12-/m0/s1. The van der Waals surface area contributed by atoms with E-state index in [4.69, 9.17) is 11.6 Å². The fourth-order valence-electron chi connectivity index (χ4n) is 4.13. The molecule has 4 rings (SSSR count). The Balaban J connectivity index is 1.67. The summed E-state index contributed by atoms with van der Waals surface area (Å²) in [5.74, 6) is -0.766. The summed E-state index contributed by atoms with van der Waals surface area (Å²) in [4.78, 5) is 32.2. The van der Waals surface area contributed by atoms with E-state index in [-0.39, 0.29) is 28.0 Å². The van der Waals surface area contributed by atoms with Crippen molar-refractivity contribution in [2.45, 2.75) is 25.2 Å². The number of nitrogens with zero attached hydrogens (tertiary/aromatic N) is 2. The number of halogens is 2. The molecule has 130 valence electrons. The van der Waals surface area contributed by atoms with Crippen LogP contribution in [0.2, 0.25) is 5.02 Å². The molecule has 1 aromatic heterocycles. The lowest BCUT2D eigenvalue weighted by Gasteiger charge is -2.43. The maximum Gasteiger partial charge on any atom is 0.272 e. The number of hydrogen-bond donors (Lipinski definition) is 1. The Hall–Kier alpha value is -2.21. The van der Waals surface area contributed by atoms with E-state index in [0.717, 1.165) is 25.5 Å². The molecule has 2 heterocycles. The van der Waals surface area contributed by atoms with E-state index in [2.05, 4.69) is 9.97 Å². The molecule has 0 radical (unpaired) electrons. The van der Waals surface area contributed by atoms with Crippen molar-refractivity contribution >= 4 is 17.5 Å². The molecule has 1 saturated carbocycles. The van der Waals surface area contributed by atoms with Crippen LogP contribution in [0.4, 0.5) is 4.39 Å². The molecule has 7 heteroatoms. The molecule has 0 bridgehead atoms. The summed E-state index contributed by atoms with van der Waals surface area (Å²) in [5, 5.41) is 0.105. The Morgan fingerprint density at radius 3 is 2.84 bits per heavy atom. The third-order valence-electron chi connectivity index (χ3n) is 5.53. The minimum absolute atomic E-state index is 0.0905. The van der Waals surface area contributed by atoms with Gasteiger partial charge in [0.1, 0.15) is 11.5 Å². The van der Waals surface area contributed by atoms with Crippen molar-refractivity contribution in [3.63, 3.8) is 0 Å². The summed E-state index contributed by atoms with van der Waals surface area (Å²) >= 11 is 5.96. The van der Waals surface area contributed by atoms with Crippen LogP contribution in [0.1, 0.15) is 41.2 Å². The smallest absolute Gasteiger partial charge is 0.272 e. The van der Waals surface area contributed by atoms with Crippen molar-refractivity contribution in [3.05, 3.63) is 63.0 Å². The number of benzene rings is 1. The van der Waals surface area contributed by atoms with Crippen molar-refractivity contribution in [2.75, 3.05) is 13.1 Å². The predicted octanol–water partition coefficient (Wildman–Crippen LogP) is 2.97. The summed E-state index contributed by atoms with van der Waals surface area (Å²) in [6.07, 6.45) is 5.46. The van der Waals surface area contributed by atoms with Crippen LogP contribution >= 0.6 is 11.6 Å². The number of hydrogen-bond acceptors (Lipinski definition) is 3. The second kappa shape index (κ2) is 5.95. The fourth-order valence-corrected chi connectivity index (χ4v) is 4.32. The minimum atomic E-state index is -0.416. The molecule has 2 aromatic rings. The summed E-state index contributed by atoms with van der Waals surface area (Å²) in [5.41, 5.74) is 0.209. The number of aromatic amines is 1. The Labute approximate surface area is 148 Å². The molecule has 1 aromatic carbocycles. The predicted molar refractivity (Wildman–Crippen MR) is 91.2 cm³/mol. The van der Waals surface area contributed by atoms with Gasteiger partial charge in [0.25, 0.3) is 11.5 Å². The van der Waals surface area contributed by atoms with Gasteiger partial charge in [-0.2, -0.15) is 0 Å². The largest absolute Gasteiger partial charge is 0.336 e. The molecular formula is C18H17ClFN3O2. The van der Waals surface area contributed by atoms with Gasteiger partial charge in [-0.1, -0.05) is 30.2 Å². The lowest BCUT2D eigenvalue weighted by Crippen LogP contribution is -2.38. The number of nitrogens with one attached hydrogen (secondary N) is 1. The zero-order chi connectivity index (χ0) is 17.6. The first-order chi connectivity index (χ1) is 12.0. The molecular weight excluding hydrogens is 345 g/mol. The van der Waals surface area contributed by atoms with Gasteiger partial charge < -0.3 is 9.88 Å². The number of aromatic nitrogens is 2. The molecule has 2 fully saturated rings. The normalized spacial score (nSPS) is 21.4. The van der Waals surface area contributed by atoms with Gasteiger partial charge in [0.05, 0.1) is 17.4 Å². The van der Waals surface area contributed by atoms with E-state index in [1.807, 2.05) is 0 Å². The Morgan fingerprint density at radius 2 is 2.16 bits per heavy atom. The zero-order valence-electron chi connectivity index (χ0n) is 13.5. The van der Waals surface area contributed by atoms with Crippen molar-refractivity contribution in [1.82, 2.24) is 14.9 Å². The summed E-state index contributed by atoms with van der Waals surface area (Å²) in [6.45, 7) is 0.965. The van der Waals surface area contributed by atoms with Gasteiger partial charge in [0.2, 0.25) is 0 Å². The maximum absolute atomic E-state index is 14.6. The van der Waals surface area contributed by atoms with Gasteiger partial charge in [-0.05, 0) is 29.9 Å². The molecule has 1 aliphatic carbocycles. The van der Waals surface area contributed by atoms with E-state index in [1.165, 1.54) is 12.3 Å². The highest BCUT2D eigenvalue weighted by Gasteiger charge is 2.52. The zero-order valence-corrected chi connectivity index (χ0v) is 14.2. The van der Waals surface area contributed by atoms with Crippen LogP contribution in [0, 0.1) is 11.2 Å². The SMILES string of the molecule is O=C(c1cncc(=O)[nH]1)N1C[C@@H](c2cccc(Cl)c2F)C2(CCC2)C1. The van der Waals surface area contributed by atoms with Crippen LogP contribution in [0.3, 0.4) is 0 Å². The van der Waals surface area contributed by atoms with Crippen molar-refractivity contribution in [2.24, 2.45) is 5.41 Å². The molecule has 1 aliphatic heterocycles. The van der Waals surface area contributed by atoms with E-state index in [1.54, 1.807) is 17.0 Å². The second-order valence-electron chi connectivity index (χ2n) is 6.91. The summed E-state index contributed by atoms with van der Waals surface area (Å²) in [7, 11) is 0. The van der Waals surface area contributed by atoms with Crippen LogP contribution in [0.5, 0.6) is 0 Å². The first-order valence-electron chi connectivity index (χ1n) is 8.28. The Kier molecular flexibility index (Phi) is 3.87. The highest BCUT2D eigenvalue weighted by atomic mass is 35.5. The van der Waals surface area contributed by atoms with Crippen LogP contribution < -0.4 is 5.56 Å². The molecule has 1 spiro atoms. The number of carbonyl (C=O) groups is 1. The molecule has 1 saturated heterocycles. The minimum Gasteiger partial charge on any atom is -0.336 e. The number of amides is 1. The molecule has 0 unspecified atom stereocenters. The highest BCUT2D eigenvalue weighted by Crippen LogP contribution is 2.56. The van der Waals surface area contributed by atoms with Gasteiger partial charge in [0, 0.05) is 19.0 Å². The van der Waals surface area contributed by atoms with E-state index in [0.29, 0.717) is 18.7 Å². The third kappa shape index (κ3) is 2.65. The van der Waals surface area contributed by atoms with Crippen LogP contribution in [0.15, 0.2) is 35.4 Å². The average molecular weight is 362 g/mol. The van der Waals surface area contributed by atoms with Crippen molar-refractivity contribution in [3.8, 4) is 0 Å². The Bertz CT molecular complexity index is 894. The first kappa shape index (κ1) is 16.3. The Morgan fingerprint density at radius 1 is 1.36 bits per heavy atom. The van der Waals surface area contributed by atoms with Gasteiger partial charge in [-0.15, -0.1) is 0 Å². The van der Waals surface area contributed by atoms with E-state index < -0.39 is 11.4 Å². The van der Waals surface area contributed by atoms with Gasteiger partial charge in [0.15, 0.2) is 0 Å². The molecule has 1 atom stereocenters. The van der Waals surface area contributed by atoms with Gasteiger partial charge in [-0.3, -0.25) is 14.6 Å². The fraction of sp³-hybridized carbons (Fsp3) is 0.389. The first-order valence-corrected chi connectivity index (χ1v) is 8.65. The number of likely N-dealkylation sites (tertiary alicyclic amines) is 1. The van der Waals surface area contributed by atoms with Crippen molar-refractivity contribution < 1.29 is 9.18 Å². The highest BCUT2D eigenvalue weighted by molar-refractivity contribution is 6.30. The van der Waals surface area contributed by atoms with Crippen molar-refractivity contribution in [1.29, 1.82) is 0 Å². The molecule has 25 heavy (non-hydrogen) atoms. The molecule has 5 nitrogen and oxygen atoms in total.